The van der Waals surface area contributed by atoms with Gasteiger partial charge in [0, 0.05) is 27.8 Å². The topological polar surface area (TPSA) is 121 Å². The third kappa shape index (κ3) is 7.96. The van der Waals surface area contributed by atoms with Crippen LogP contribution < -0.4 is 0 Å². The van der Waals surface area contributed by atoms with Gasteiger partial charge in [0.25, 0.3) is 0 Å². The molecule has 1 N–H and O–H groups in total. The highest BCUT2D eigenvalue weighted by atomic mass is 35.5. The van der Waals surface area contributed by atoms with Crippen LogP contribution in [0.2, 0.25) is 5.02 Å². The lowest BCUT2D eigenvalue weighted by atomic mass is 10.1. The van der Waals surface area contributed by atoms with Crippen molar-refractivity contribution in [3.05, 3.63) is 34.5 Å². The van der Waals surface area contributed by atoms with Gasteiger partial charge in [0.05, 0.1) is 32.0 Å². The molecule has 0 bridgehead atoms. The minimum Gasteiger partial charge on any atom is -0.462 e. The number of carbonyl (C=O) groups excluding carboxylic acids is 4. The summed E-state index contributed by atoms with van der Waals surface area (Å²) in [4.78, 5) is 48.0. The number of benzene rings is 1. The van der Waals surface area contributed by atoms with E-state index in [0.717, 1.165) is 0 Å². The maximum absolute atomic E-state index is 12.1. The van der Waals surface area contributed by atoms with Gasteiger partial charge < -0.3 is 23.9 Å². The molecule has 1 heterocycles. The highest BCUT2D eigenvalue weighted by Gasteiger charge is 2.25. The molecule has 9 nitrogen and oxygen atoms in total. The minimum absolute atomic E-state index is 0.0857. The van der Waals surface area contributed by atoms with Crippen LogP contribution in [0, 0.1) is 11.8 Å². The number of esters is 4. The van der Waals surface area contributed by atoms with Crippen molar-refractivity contribution >= 4 is 46.4 Å². The van der Waals surface area contributed by atoms with Crippen molar-refractivity contribution in [3.63, 3.8) is 0 Å². The molecule has 0 unspecified atom stereocenters. The highest BCUT2D eigenvalue weighted by Crippen LogP contribution is 2.26. The lowest BCUT2D eigenvalue weighted by Crippen LogP contribution is -2.13. The Kier molecular flexibility index (Phi) is 11.4. The third-order valence-corrected chi connectivity index (χ3v) is 3.77. The van der Waals surface area contributed by atoms with Crippen molar-refractivity contribution in [2.75, 3.05) is 26.4 Å². The molecule has 0 saturated heterocycles. The average Bonchev–Trinajstić information content (AvgIpc) is 3.12. The summed E-state index contributed by atoms with van der Waals surface area (Å²) in [5.41, 5.74) is 0.850. The number of carbonyl (C=O) groups is 4. The summed E-state index contributed by atoms with van der Waals surface area (Å²) in [5, 5.41) is 1.08. The average molecular weight is 466 g/mol. The Morgan fingerprint density at radius 1 is 0.812 bits per heavy atom. The van der Waals surface area contributed by atoms with Crippen LogP contribution >= 0.6 is 11.6 Å². The van der Waals surface area contributed by atoms with E-state index in [4.69, 9.17) is 21.1 Å². The van der Waals surface area contributed by atoms with E-state index in [-0.39, 0.29) is 37.7 Å². The van der Waals surface area contributed by atoms with Crippen LogP contribution in [0.1, 0.15) is 48.5 Å². The van der Waals surface area contributed by atoms with Crippen molar-refractivity contribution < 1.29 is 38.1 Å². The Labute approximate surface area is 190 Å². The number of aromatic amines is 1. The zero-order valence-corrected chi connectivity index (χ0v) is 19.0. The van der Waals surface area contributed by atoms with Crippen molar-refractivity contribution in [2.45, 2.75) is 27.7 Å². The van der Waals surface area contributed by atoms with E-state index < -0.39 is 23.9 Å². The lowest BCUT2D eigenvalue weighted by Gasteiger charge is -2.04. The zero-order valence-electron chi connectivity index (χ0n) is 18.2. The summed E-state index contributed by atoms with van der Waals surface area (Å²) in [6.45, 7) is 7.65. The number of rotatable bonds is 6. The first-order chi connectivity index (χ1) is 15.3. The Morgan fingerprint density at radius 3 is 1.81 bits per heavy atom. The van der Waals surface area contributed by atoms with E-state index >= 15 is 0 Å². The Bertz CT molecular complexity index is 1010. The molecule has 0 atom stereocenters. The quantitative estimate of drug-likeness (QED) is 0.298. The fourth-order valence-corrected chi connectivity index (χ4v) is 2.55. The fourth-order valence-electron chi connectivity index (χ4n) is 2.38. The molecule has 1 aromatic carbocycles. The maximum Gasteiger partial charge on any atom is 0.384 e. The smallest absolute Gasteiger partial charge is 0.384 e. The first kappa shape index (κ1) is 26.5. The Morgan fingerprint density at radius 2 is 1.31 bits per heavy atom. The number of hydrogen-bond donors (Lipinski definition) is 1. The molecule has 0 aliphatic carbocycles. The summed E-state index contributed by atoms with van der Waals surface area (Å²) < 4.78 is 18.8. The molecule has 1 aromatic heterocycles. The number of halogens is 1. The van der Waals surface area contributed by atoms with Crippen LogP contribution in [0.25, 0.3) is 10.9 Å². The second-order valence-electron chi connectivity index (χ2n) is 5.70. The molecule has 0 aliphatic heterocycles. The monoisotopic (exact) mass is 465 g/mol. The number of fused-ring (bicyclic) bond motifs is 1. The highest BCUT2D eigenvalue weighted by molar-refractivity contribution is 6.31. The van der Waals surface area contributed by atoms with Gasteiger partial charge in [-0.2, -0.15) is 0 Å². The van der Waals surface area contributed by atoms with Gasteiger partial charge in [0.15, 0.2) is 0 Å². The van der Waals surface area contributed by atoms with Gasteiger partial charge in [-0.1, -0.05) is 17.7 Å². The first-order valence-corrected chi connectivity index (χ1v) is 10.2. The summed E-state index contributed by atoms with van der Waals surface area (Å²) in [6, 6.07) is 4.96. The van der Waals surface area contributed by atoms with Gasteiger partial charge in [-0.05, 0) is 39.8 Å². The van der Waals surface area contributed by atoms with Crippen molar-refractivity contribution in [2.24, 2.45) is 0 Å². The molecule has 0 radical (unpaired) electrons. The summed E-state index contributed by atoms with van der Waals surface area (Å²) in [7, 11) is 0. The molecule has 0 aliphatic rings. The molecule has 2 rings (SSSR count). The Hall–Kier alpha value is -3.51. The number of ether oxygens (including phenoxy) is 4. The van der Waals surface area contributed by atoms with Crippen LogP contribution in [-0.2, 0) is 28.5 Å². The van der Waals surface area contributed by atoms with Gasteiger partial charge in [-0.15, -0.1) is 0 Å². The van der Waals surface area contributed by atoms with E-state index in [0.29, 0.717) is 15.9 Å². The molecule has 2 aromatic rings. The van der Waals surface area contributed by atoms with Gasteiger partial charge in [-0.25, -0.2) is 19.2 Å². The maximum atomic E-state index is 12.1. The van der Waals surface area contributed by atoms with Crippen LogP contribution in [-0.4, -0.2) is 55.3 Å². The first-order valence-electron chi connectivity index (χ1n) is 9.79. The van der Waals surface area contributed by atoms with E-state index in [1.54, 1.807) is 45.9 Å². The van der Waals surface area contributed by atoms with Gasteiger partial charge >= 0.3 is 23.9 Å². The summed E-state index contributed by atoms with van der Waals surface area (Å²) in [5.74, 6) is 1.37. The van der Waals surface area contributed by atoms with Crippen LogP contribution in [0.5, 0.6) is 0 Å². The van der Waals surface area contributed by atoms with Gasteiger partial charge in [0.1, 0.15) is 5.69 Å². The molecular weight excluding hydrogens is 442 g/mol. The van der Waals surface area contributed by atoms with Crippen molar-refractivity contribution in [1.82, 2.24) is 4.98 Å². The van der Waals surface area contributed by atoms with Gasteiger partial charge in [-0.3, -0.25) is 0 Å². The number of H-pyrrole nitrogens is 1. The molecule has 32 heavy (non-hydrogen) atoms. The van der Waals surface area contributed by atoms with Crippen molar-refractivity contribution in [1.29, 1.82) is 0 Å². The minimum atomic E-state index is -0.717. The van der Waals surface area contributed by atoms with Crippen molar-refractivity contribution in [3.8, 4) is 11.8 Å². The SMILES string of the molecule is CCOC(=O)C#CC(=O)OCC.CCOC(=O)c1[nH]c2cc(Cl)ccc2c1C(=O)OCC. The standard InChI is InChI=1S/C14H14ClNO4.C8H10O4/c1-3-19-13(17)11-9-6-5-8(15)7-10(9)16-12(11)14(18)20-4-2;1-3-11-7(9)5-6-8(10)12-4-2/h5-7,16H,3-4H2,1-2H3;3-4H2,1-2H3. The predicted octanol–water partition coefficient (Wildman–Crippen LogP) is 3.29. The fraction of sp³-hybridized carbons (Fsp3) is 0.364. The molecule has 0 saturated carbocycles. The molecular formula is C22H24ClNO8. The Balaban J connectivity index is 0.000000368. The molecule has 10 heteroatoms. The number of hydrogen-bond acceptors (Lipinski definition) is 8. The summed E-state index contributed by atoms with van der Waals surface area (Å²) >= 11 is 5.91. The molecule has 0 amide bonds. The van der Waals surface area contributed by atoms with Crippen LogP contribution in [0.4, 0.5) is 0 Å². The van der Waals surface area contributed by atoms with E-state index in [2.05, 4.69) is 14.5 Å². The molecule has 172 valence electrons. The number of nitrogens with one attached hydrogen (secondary N) is 1. The molecule has 0 spiro atoms. The van der Waals surface area contributed by atoms with E-state index in [1.807, 2.05) is 11.8 Å². The van der Waals surface area contributed by atoms with Gasteiger partial charge in [0.2, 0.25) is 0 Å². The zero-order chi connectivity index (χ0) is 24.1. The second kappa shape index (κ2) is 13.7. The third-order valence-electron chi connectivity index (χ3n) is 3.54. The largest absolute Gasteiger partial charge is 0.462 e. The van der Waals surface area contributed by atoms with Crippen LogP contribution in [0.15, 0.2) is 18.2 Å². The normalized spacial score (nSPS) is 9.53. The summed E-state index contributed by atoms with van der Waals surface area (Å²) in [6.07, 6.45) is 0. The molecule has 0 fully saturated rings. The predicted molar refractivity (Wildman–Crippen MR) is 116 cm³/mol. The van der Waals surface area contributed by atoms with Crippen LogP contribution in [0.3, 0.4) is 0 Å². The van der Waals surface area contributed by atoms with E-state index in [9.17, 15) is 19.2 Å². The second-order valence-corrected chi connectivity index (χ2v) is 6.13. The number of aromatic nitrogens is 1. The van der Waals surface area contributed by atoms with E-state index in [1.165, 1.54) is 0 Å². The lowest BCUT2D eigenvalue weighted by molar-refractivity contribution is -0.138.